The van der Waals surface area contributed by atoms with E-state index in [0.29, 0.717) is 12.4 Å². The van der Waals surface area contributed by atoms with Crippen LogP contribution in [0.5, 0.6) is 5.75 Å². The lowest BCUT2D eigenvalue weighted by Gasteiger charge is -2.33. The number of imidazole rings is 1. The van der Waals surface area contributed by atoms with E-state index < -0.39 is 9.85 Å². The molecule has 0 bridgehead atoms. The first-order valence-corrected chi connectivity index (χ1v) is 21.9. The Bertz CT molecular complexity index is 2460. The Morgan fingerprint density at radius 3 is 1.78 bits per heavy atom. The molecule has 0 spiro atoms. The van der Waals surface area contributed by atoms with Gasteiger partial charge < -0.3 is 46.1 Å². The molecule has 20 heteroatoms. The van der Waals surface area contributed by atoms with E-state index in [4.69, 9.17) is 37.8 Å². The van der Waals surface area contributed by atoms with Crippen LogP contribution in [-0.4, -0.2) is 124 Å². The van der Waals surface area contributed by atoms with Crippen LogP contribution in [0.3, 0.4) is 0 Å². The third kappa shape index (κ3) is 16.3. The minimum absolute atomic E-state index is 0. The van der Waals surface area contributed by atoms with E-state index in [1.54, 1.807) is 6.07 Å². The summed E-state index contributed by atoms with van der Waals surface area (Å²) >= 11 is 5.41. The summed E-state index contributed by atoms with van der Waals surface area (Å²) in [6, 6.07) is 28.0. The van der Waals surface area contributed by atoms with Crippen molar-refractivity contribution in [3.05, 3.63) is 122 Å². The SMILES string of the molecule is C.C.C.CC1CCN(c2ccc3[nH]c(-c4ccc(OCc5ccccc5)cc4)nc3n2)CC1.CN1CCN(c2ccc([N+](=O)[O-])c(N)n2)CC1.CN1CCNCC1.Nc1nc(Cl)ccc1[N+](=O)[O-]. The number of piperazine rings is 2. The van der Waals surface area contributed by atoms with Gasteiger partial charge in [-0.05, 0) is 86.9 Å². The van der Waals surface area contributed by atoms with E-state index in [9.17, 15) is 20.2 Å². The summed E-state index contributed by atoms with van der Waals surface area (Å²) in [6.45, 7) is 13.4. The fraction of sp³-hybridized carbons (Fsp3) is 0.417. The molecule has 3 aliphatic rings. The van der Waals surface area contributed by atoms with E-state index in [1.807, 2.05) is 42.5 Å². The molecule has 4 aromatic heterocycles. The number of nitrogens with one attached hydrogen (secondary N) is 2. The average molecular weight is 958 g/mol. The van der Waals surface area contributed by atoms with Crippen molar-refractivity contribution in [2.75, 3.05) is 101 Å². The first-order chi connectivity index (χ1) is 31.3. The zero-order valence-corrected chi connectivity index (χ0v) is 37.7. The van der Waals surface area contributed by atoms with E-state index in [0.717, 1.165) is 98.0 Å². The topological polar surface area (TPSA) is 240 Å². The second-order valence-corrected chi connectivity index (χ2v) is 16.5. The summed E-state index contributed by atoms with van der Waals surface area (Å²) in [5, 5.41) is 24.2. The molecule has 0 radical (unpaired) electrons. The van der Waals surface area contributed by atoms with Gasteiger partial charge in [-0.1, -0.05) is 71.1 Å². The average Bonchev–Trinajstić information content (AvgIpc) is 3.74. The Morgan fingerprint density at radius 1 is 0.676 bits per heavy atom. The van der Waals surface area contributed by atoms with Crippen LogP contribution in [-0.2, 0) is 6.61 Å². The van der Waals surface area contributed by atoms with Gasteiger partial charge in [0.2, 0.25) is 11.6 Å². The van der Waals surface area contributed by atoms with Gasteiger partial charge in [0, 0.05) is 83.1 Å². The number of hydrogen-bond donors (Lipinski definition) is 4. The van der Waals surface area contributed by atoms with Crippen LogP contribution in [0.1, 0.15) is 47.6 Å². The van der Waals surface area contributed by atoms with Crippen LogP contribution in [0.25, 0.3) is 22.6 Å². The van der Waals surface area contributed by atoms with Gasteiger partial charge in [-0.3, -0.25) is 20.2 Å². The Labute approximate surface area is 405 Å². The van der Waals surface area contributed by atoms with Gasteiger partial charge in [0.1, 0.15) is 35.0 Å². The van der Waals surface area contributed by atoms with Gasteiger partial charge in [-0.2, -0.15) is 0 Å². The van der Waals surface area contributed by atoms with Crippen molar-refractivity contribution in [2.45, 2.75) is 48.7 Å². The molecule has 6 N–H and O–H groups in total. The van der Waals surface area contributed by atoms with Crippen LogP contribution in [0.4, 0.5) is 34.6 Å². The number of rotatable bonds is 8. The number of nitro groups is 2. The maximum atomic E-state index is 10.6. The molecule has 0 unspecified atom stereocenters. The fourth-order valence-corrected chi connectivity index (χ4v) is 7.23. The molecule has 6 aromatic rings. The van der Waals surface area contributed by atoms with Crippen LogP contribution < -0.4 is 31.3 Å². The van der Waals surface area contributed by atoms with Gasteiger partial charge >= 0.3 is 11.4 Å². The molecule has 2 aromatic carbocycles. The Hall–Kier alpha value is -6.67. The molecule has 3 saturated heterocycles. The van der Waals surface area contributed by atoms with Crippen molar-refractivity contribution < 1.29 is 14.6 Å². The molecule has 3 aliphatic heterocycles. The molecular formula is C48H69ClN14O5. The molecule has 0 aliphatic carbocycles. The number of aromatic nitrogens is 5. The Morgan fingerprint density at radius 2 is 1.22 bits per heavy atom. The molecule has 0 amide bonds. The van der Waals surface area contributed by atoms with Gasteiger partial charge in [-0.15, -0.1) is 0 Å². The fourth-order valence-electron chi connectivity index (χ4n) is 7.08. The smallest absolute Gasteiger partial charge is 0.311 e. The van der Waals surface area contributed by atoms with E-state index in [2.05, 4.69) is 85.2 Å². The minimum atomic E-state index is -0.612. The number of nitrogens with zero attached hydrogens (tertiary/aromatic N) is 10. The van der Waals surface area contributed by atoms with Crippen LogP contribution in [0.2, 0.25) is 5.15 Å². The molecule has 9 rings (SSSR count). The summed E-state index contributed by atoms with van der Waals surface area (Å²) in [4.78, 5) is 49.2. The predicted octanol–water partition coefficient (Wildman–Crippen LogP) is 8.42. The monoisotopic (exact) mass is 957 g/mol. The maximum absolute atomic E-state index is 10.6. The lowest BCUT2D eigenvalue weighted by molar-refractivity contribution is -0.384. The van der Waals surface area contributed by atoms with Crippen LogP contribution in [0, 0.1) is 26.1 Å². The number of hydrogen-bond acceptors (Lipinski definition) is 16. The lowest BCUT2D eigenvalue weighted by Crippen LogP contribution is -2.44. The standard InChI is InChI=1S/C25H26N4O.C10H15N5O2.C5H4ClN3O2.C5H12N2.3CH4/c1-18-13-15-29(16-14-18)23-12-11-22-25(27-23)28-24(26-22)20-7-9-21(10-8-20)30-17-19-5-3-2-4-6-19;1-13-4-6-14(7-5-13)9-3-2-8(15(16)17)10(11)12-9;6-4-2-1-3(9(10)11)5(7)8-4;1-7-4-2-6-3-5-7;;;/h2-12,18H,13-17H2,1H3,(H,26,27,28);2-3H,4-7H2,1H3,(H2,11,12);1-2H,(H2,7,8);6H,2-5H2,1H3;3*1H4. The number of halogens is 1. The number of piperidine rings is 1. The lowest BCUT2D eigenvalue weighted by atomic mass is 9.99. The third-order valence-electron chi connectivity index (χ3n) is 11.1. The molecule has 0 atom stereocenters. The van der Waals surface area contributed by atoms with Crippen molar-refractivity contribution in [2.24, 2.45) is 5.92 Å². The summed E-state index contributed by atoms with van der Waals surface area (Å²) in [5.74, 6) is 4.03. The van der Waals surface area contributed by atoms with Gasteiger partial charge in [0.05, 0.1) is 15.4 Å². The number of anilines is 4. The minimum Gasteiger partial charge on any atom is -0.489 e. The Kier molecular flexibility index (Phi) is 22.3. The zero-order chi connectivity index (χ0) is 46.3. The van der Waals surface area contributed by atoms with Crippen molar-refractivity contribution in [3.63, 3.8) is 0 Å². The summed E-state index contributed by atoms with van der Waals surface area (Å²) in [7, 11) is 4.22. The maximum Gasteiger partial charge on any atom is 0.311 e. The summed E-state index contributed by atoms with van der Waals surface area (Å²) in [6.07, 6.45) is 2.45. The first kappa shape index (κ1) is 55.7. The number of nitrogen functional groups attached to an aromatic ring is 2. The molecular weight excluding hydrogens is 888 g/mol. The number of nitrogens with two attached hydrogens (primary N) is 2. The van der Waals surface area contributed by atoms with Gasteiger partial charge in [-0.25, -0.2) is 19.9 Å². The van der Waals surface area contributed by atoms with E-state index >= 15 is 0 Å². The largest absolute Gasteiger partial charge is 0.489 e. The number of ether oxygens (including phenoxy) is 1. The highest BCUT2D eigenvalue weighted by Gasteiger charge is 2.20. The normalized spacial score (nSPS) is 15.0. The Balaban J connectivity index is 0.000000272. The van der Waals surface area contributed by atoms with Crippen molar-refractivity contribution in [1.29, 1.82) is 0 Å². The molecule has 368 valence electrons. The summed E-state index contributed by atoms with van der Waals surface area (Å²) in [5.41, 5.74) is 14.3. The molecule has 7 heterocycles. The molecule has 68 heavy (non-hydrogen) atoms. The number of benzene rings is 2. The van der Waals surface area contributed by atoms with Crippen LogP contribution in [0.15, 0.2) is 91.0 Å². The van der Waals surface area contributed by atoms with Gasteiger partial charge in [0.25, 0.3) is 0 Å². The molecule has 3 fully saturated rings. The van der Waals surface area contributed by atoms with Crippen molar-refractivity contribution in [3.8, 4) is 17.1 Å². The number of aromatic amines is 1. The van der Waals surface area contributed by atoms with Crippen molar-refractivity contribution >= 4 is 57.4 Å². The van der Waals surface area contributed by atoms with Gasteiger partial charge in [0.15, 0.2) is 5.65 Å². The molecule has 0 saturated carbocycles. The quantitative estimate of drug-likeness (QED) is 0.0636. The number of pyridine rings is 3. The second-order valence-electron chi connectivity index (χ2n) is 16.1. The first-order valence-electron chi connectivity index (χ1n) is 21.5. The highest BCUT2D eigenvalue weighted by atomic mass is 35.5. The van der Waals surface area contributed by atoms with E-state index in [1.165, 1.54) is 44.1 Å². The number of H-pyrrole nitrogens is 1. The highest BCUT2D eigenvalue weighted by Crippen LogP contribution is 2.27. The zero-order valence-electron chi connectivity index (χ0n) is 37.0. The van der Waals surface area contributed by atoms with E-state index in [-0.39, 0.29) is 50.4 Å². The third-order valence-corrected chi connectivity index (χ3v) is 11.3. The second kappa shape index (κ2) is 27.2. The predicted molar refractivity (Wildman–Crippen MR) is 277 cm³/mol. The highest BCUT2D eigenvalue weighted by molar-refractivity contribution is 6.29. The van der Waals surface area contributed by atoms with Crippen molar-refractivity contribution in [1.82, 2.24) is 40.0 Å². The summed E-state index contributed by atoms with van der Waals surface area (Å²) < 4.78 is 5.88. The number of fused-ring (bicyclic) bond motifs is 1. The molecule has 19 nitrogen and oxygen atoms in total. The number of likely N-dealkylation sites (N-methyl/N-ethyl adjacent to an activating group) is 2. The van der Waals surface area contributed by atoms with Crippen LogP contribution >= 0.6 is 11.6 Å².